The van der Waals surface area contributed by atoms with Crippen molar-refractivity contribution in [2.75, 3.05) is 0 Å². The van der Waals surface area contributed by atoms with Crippen LogP contribution in [0.5, 0.6) is 0 Å². The summed E-state index contributed by atoms with van der Waals surface area (Å²) in [6.07, 6.45) is 4.07. The van der Waals surface area contributed by atoms with Gasteiger partial charge in [-0.3, -0.25) is 4.79 Å². The summed E-state index contributed by atoms with van der Waals surface area (Å²) in [6.45, 7) is 0.773. The third-order valence-electron chi connectivity index (χ3n) is 5.08. The lowest BCUT2D eigenvalue weighted by Gasteiger charge is -2.30. The average molecular weight is 306 g/mol. The summed E-state index contributed by atoms with van der Waals surface area (Å²) in [4.78, 5) is 12.7. The highest BCUT2D eigenvalue weighted by Gasteiger charge is 2.27. The molecule has 1 heterocycles. The first kappa shape index (κ1) is 14.5. The Morgan fingerprint density at radius 2 is 1.74 bits per heavy atom. The summed E-state index contributed by atoms with van der Waals surface area (Å²) in [5.41, 5.74) is 5.27. The fourth-order valence-electron chi connectivity index (χ4n) is 3.82. The van der Waals surface area contributed by atoms with Crippen molar-refractivity contribution in [2.24, 2.45) is 0 Å². The van der Waals surface area contributed by atoms with Gasteiger partial charge in [0.2, 0.25) is 5.91 Å². The van der Waals surface area contributed by atoms with Gasteiger partial charge >= 0.3 is 0 Å². The first-order valence-electron chi connectivity index (χ1n) is 8.49. The van der Waals surface area contributed by atoms with Crippen molar-refractivity contribution >= 4 is 5.91 Å². The summed E-state index contributed by atoms with van der Waals surface area (Å²) in [6, 6.07) is 16.9. The van der Waals surface area contributed by atoms with E-state index < -0.39 is 0 Å². The molecular weight excluding hydrogens is 284 g/mol. The lowest BCUT2D eigenvalue weighted by Crippen LogP contribution is -2.48. The second kappa shape index (κ2) is 6.17. The Hall–Kier alpha value is -2.13. The van der Waals surface area contributed by atoms with E-state index in [-0.39, 0.29) is 18.0 Å². The van der Waals surface area contributed by atoms with Crippen LogP contribution in [0.25, 0.3) is 0 Å². The van der Waals surface area contributed by atoms with Crippen molar-refractivity contribution in [3.63, 3.8) is 0 Å². The second-order valence-electron chi connectivity index (χ2n) is 6.56. The first-order chi connectivity index (χ1) is 11.3. The van der Waals surface area contributed by atoms with Gasteiger partial charge in [0.1, 0.15) is 0 Å². The monoisotopic (exact) mass is 306 g/mol. The minimum Gasteiger partial charge on any atom is -0.348 e. The van der Waals surface area contributed by atoms with Gasteiger partial charge in [-0.2, -0.15) is 0 Å². The third-order valence-corrected chi connectivity index (χ3v) is 5.08. The van der Waals surface area contributed by atoms with Crippen LogP contribution in [0.15, 0.2) is 48.5 Å². The number of hydrogen-bond donors (Lipinski definition) is 2. The van der Waals surface area contributed by atoms with Crippen LogP contribution in [0.1, 0.15) is 41.1 Å². The minimum absolute atomic E-state index is 0.126. The zero-order valence-corrected chi connectivity index (χ0v) is 13.2. The van der Waals surface area contributed by atoms with E-state index in [9.17, 15) is 4.79 Å². The van der Waals surface area contributed by atoms with E-state index in [1.165, 1.54) is 22.3 Å². The number of amides is 1. The first-order valence-corrected chi connectivity index (χ1v) is 8.49. The molecule has 2 atom stereocenters. The average Bonchev–Trinajstić information content (AvgIpc) is 2.61. The molecule has 3 nitrogen and oxygen atoms in total. The van der Waals surface area contributed by atoms with Crippen LogP contribution in [0, 0.1) is 0 Å². The van der Waals surface area contributed by atoms with Gasteiger partial charge in [0.15, 0.2) is 0 Å². The van der Waals surface area contributed by atoms with Gasteiger partial charge in [-0.1, -0.05) is 48.5 Å². The minimum atomic E-state index is -0.126. The predicted molar refractivity (Wildman–Crippen MR) is 91.0 cm³/mol. The molecule has 1 aliphatic carbocycles. The molecule has 4 rings (SSSR count). The number of nitrogens with one attached hydrogen (secondary N) is 2. The number of aryl methyl sites for hydroxylation is 1. The number of carbonyl (C=O) groups excluding carboxylic acids is 1. The van der Waals surface area contributed by atoms with Gasteiger partial charge in [0, 0.05) is 6.54 Å². The highest BCUT2D eigenvalue weighted by molar-refractivity contribution is 5.83. The smallest absolute Gasteiger partial charge is 0.237 e. The van der Waals surface area contributed by atoms with E-state index >= 15 is 0 Å². The van der Waals surface area contributed by atoms with Crippen molar-refractivity contribution < 1.29 is 4.79 Å². The Balaban J connectivity index is 1.47. The van der Waals surface area contributed by atoms with E-state index in [1.807, 2.05) is 0 Å². The zero-order valence-electron chi connectivity index (χ0n) is 13.2. The highest BCUT2D eigenvalue weighted by Crippen LogP contribution is 2.29. The van der Waals surface area contributed by atoms with Gasteiger partial charge in [-0.15, -0.1) is 0 Å². The number of hydrogen-bond acceptors (Lipinski definition) is 2. The standard InChI is InChI=1S/C20H22N2O/c23-20(19-12-15-7-1-2-8-16(15)13-21-19)22-18-11-5-9-14-6-3-4-10-17(14)18/h1-4,6-8,10,18-19,21H,5,9,11-13H2,(H,22,23)/t18-,19+/m1/s1. The molecule has 3 heteroatoms. The summed E-state index contributed by atoms with van der Waals surface area (Å²) in [7, 11) is 0. The molecule has 0 saturated carbocycles. The van der Waals surface area contributed by atoms with E-state index in [0.29, 0.717) is 0 Å². The maximum absolute atomic E-state index is 12.7. The predicted octanol–water partition coefficient (Wildman–Crippen LogP) is 2.89. The molecule has 0 bridgehead atoms. The Morgan fingerprint density at radius 3 is 2.61 bits per heavy atom. The Labute approximate surface area is 137 Å². The second-order valence-corrected chi connectivity index (χ2v) is 6.56. The molecule has 0 aromatic heterocycles. The van der Waals surface area contributed by atoms with E-state index in [2.05, 4.69) is 59.2 Å². The van der Waals surface area contributed by atoms with Crippen LogP contribution in [0.2, 0.25) is 0 Å². The molecule has 1 aliphatic heterocycles. The molecule has 0 fully saturated rings. The summed E-state index contributed by atoms with van der Waals surface area (Å²) >= 11 is 0. The van der Waals surface area contributed by atoms with Crippen molar-refractivity contribution in [3.8, 4) is 0 Å². The number of benzene rings is 2. The Kier molecular flexibility index (Phi) is 3.88. The zero-order chi connectivity index (χ0) is 15.6. The molecule has 23 heavy (non-hydrogen) atoms. The van der Waals surface area contributed by atoms with Crippen molar-refractivity contribution in [2.45, 2.75) is 44.3 Å². The van der Waals surface area contributed by atoms with E-state index in [4.69, 9.17) is 0 Å². The molecule has 0 saturated heterocycles. The number of fused-ring (bicyclic) bond motifs is 2. The van der Waals surface area contributed by atoms with Gasteiger partial charge in [0.25, 0.3) is 0 Å². The molecule has 1 amide bonds. The maximum Gasteiger partial charge on any atom is 0.237 e. The SMILES string of the molecule is O=C(N[C@@H]1CCCc2ccccc21)[C@@H]1Cc2ccccc2CN1. The van der Waals surface area contributed by atoms with Crippen LogP contribution < -0.4 is 10.6 Å². The summed E-state index contributed by atoms with van der Waals surface area (Å²) in [5, 5.41) is 6.65. The lowest BCUT2D eigenvalue weighted by atomic mass is 9.87. The molecule has 0 radical (unpaired) electrons. The summed E-state index contributed by atoms with van der Waals surface area (Å²) < 4.78 is 0. The van der Waals surface area contributed by atoms with Crippen LogP contribution in [0.3, 0.4) is 0 Å². The van der Waals surface area contributed by atoms with Crippen LogP contribution in [0.4, 0.5) is 0 Å². The van der Waals surface area contributed by atoms with Crippen LogP contribution in [-0.4, -0.2) is 11.9 Å². The van der Waals surface area contributed by atoms with Crippen molar-refractivity contribution in [3.05, 3.63) is 70.8 Å². The quantitative estimate of drug-likeness (QED) is 0.896. The highest BCUT2D eigenvalue weighted by atomic mass is 16.2. The largest absolute Gasteiger partial charge is 0.348 e. The van der Waals surface area contributed by atoms with Crippen molar-refractivity contribution in [1.82, 2.24) is 10.6 Å². The summed E-state index contributed by atoms with van der Waals surface area (Å²) in [5.74, 6) is 0.126. The molecular formula is C20H22N2O. The Bertz CT molecular complexity index is 725. The van der Waals surface area contributed by atoms with Gasteiger partial charge in [-0.25, -0.2) is 0 Å². The molecule has 2 N–H and O–H groups in total. The number of carbonyl (C=O) groups is 1. The topological polar surface area (TPSA) is 41.1 Å². The molecule has 2 aromatic rings. The molecule has 2 aromatic carbocycles. The van der Waals surface area contributed by atoms with Gasteiger partial charge in [0.05, 0.1) is 12.1 Å². The fourth-order valence-corrected chi connectivity index (χ4v) is 3.82. The molecule has 118 valence electrons. The maximum atomic E-state index is 12.7. The third kappa shape index (κ3) is 2.89. The Morgan fingerprint density at radius 1 is 1.00 bits per heavy atom. The van der Waals surface area contributed by atoms with Crippen LogP contribution >= 0.6 is 0 Å². The van der Waals surface area contributed by atoms with Crippen molar-refractivity contribution in [1.29, 1.82) is 0 Å². The van der Waals surface area contributed by atoms with Gasteiger partial charge < -0.3 is 10.6 Å². The van der Waals surface area contributed by atoms with E-state index in [0.717, 1.165) is 32.2 Å². The lowest BCUT2D eigenvalue weighted by molar-refractivity contribution is -0.124. The van der Waals surface area contributed by atoms with Crippen LogP contribution in [-0.2, 0) is 24.2 Å². The number of rotatable bonds is 2. The molecule has 2 aliphatic rings. The van der Waals surface area contributed by atoms with E-state index in [1.54, 1.807) is 0 Å². The van der Waals surface area contributed by atoms with Gasteiger partial charge in [-0.05, 0) is 47.9 Å². The normalized spacial score (nSPS) is 22.8. The molecule has 0 spiro atoms. The molecule has 0 unspecified atom stereocenters. The fraction of sp³-hybridized carbons (Fsp3) is 0.350.